The molecule has 4 aromatic rings. The Hall–Kier alpha value is -2.28. The molecule has 0 saturated carbocycles. The first-order valence-corrected chi connectivity index (χ1v) is 11.1. The topological polar surface area (TPSA) is 46.1 Å². The molecule has 1 amide bonds. The Bertz CT molecular complexity index is 1120. The van der Waals surface area contributed by atoms with Gasteiger partial charge in [0.05, 0.1) is 16.3 Å². The van der Waals surface area contributed by atoms with E-state index in [4.69, 9.17) is 16.6 Å². The number of amides is 1. The summed E-state index contributed by atoms with van der Waals surface area (Å²) in [6.45, 7) is 0.743. The van der Waals surface area contributed by atoms with Gasteiger partial charge in [0.15, 0.2) is 0 Å². The maximum absolute atomic E-state index is 13.2. The van der Waals surface area contributed by atoms with Crippen LogP contribution in [0.15, 0.2) is 53.9 Å². The van der Waals surface area contributed by atoms with Crippen LogP contribution < -0.4 is 0 Å². The highest BCUT2D eigenvalue weighted by atomic mass is 35.5. The lowest BCUT2D eigenvalue weighted by Crippen LogP contribution is -2.30. The van der Waals surface area contributed by atoms with Crippen LogP contribution in [0.5, 0.6) is 0 Å². The summed E-state index contributed by atoms with van der Waals surface area (Å²) < 4.78 is 1.16. The van der Waals surface area contributed by atoms with E-state index in [0.29, 0.717) is 10.7 Å². The van der Waals surface area contributed by atoms with Gasteiger partial charge in [0.1, 0.15) is 15.7 Å². The van der Waals surface area contributed by atoms with Crippen molar-refractivity contribution in [2.45, 2.75) is 18.9 Å². The summed E-state index contributed by atoms with van der Waals surface area (Å²) >= 11 is 9.12. The first-order chi connectivity index (χ1) is 13.7. The second-order valence-corrected chi connectivity index (χ2v) is 9.08. The molecular formula is C21H16ClN3OS2. The van der Waals surface area contributed by atoms with Crippen LogP contribution in [-0.2, 0) is 0 Å². The molecule has 1 saturated heterocycles. The fraction of sp³-hybridized carbons (Fsp3) is 0.190. The van der Waals surface area contributed by atoms with Crippen LogP contribution in [0.3, 0.4) is 0 Å². The van der Waals surface area contributed by atoms with Crippen molar-refractivity contribution >= 4 is 50.4 Å². The highest BCUT2D eigenvalue weighted by molar-refractivity contribution is 7.18. The monoisotopic (exact) mass is 425 g/mol. The first-order valence-electron chi connectivity index (χ1n) is 9.07. The number of nitrogens with zero attached hydrogens (tertiary/aromatic N) is 3. The molecule has 1 aliphatic rings. The number of benzene rings is 2. The third-order valence-electron chi connectivity index (χ3n) is 4.92. The molecular weight excluding hydrogens is 410 g/mol. The minimum atomic E-state index is -0.0155. The average Bonchev–Trinajstić information content (AvgIpc) is 3.46. The van der Waals surface area contributed by atoms with E-state index in [9.17, 15) is 4.79 Å². The fourth-order valence-electron chi connectivity index (χ4n) is 3.54. The Morgan fingerprint density at radius 1 is 1.11 bits per heavy atom. The molecule has 3 heterocycles. The number of carbonyl (C=O) groups excluding carboxylic acids is 1. The molecule has 1 atom stereocenters. The van der Waals surface area contributed by atoms with Gasteiger partial charge in [-0.25, -0.2) is 9.97 Å². The van der Waals surface area contributed by atoms with E-state index in [1.807, 2.05) is 52.7 Å². The summed E-state index contributed by atoms with van der Waals surface area (Å²) in [4.78, 5) is 24.5. The second-order valence-electron chi connectivity index (χ2n) is 6.72. The molecule has 2 aromatic heterocycles. The summed E-state index contributed by atoms with van der Waals surface area (Å²) in [6, 6.07) is 15.7. The van der Waals surface area contributed by atoms with Gasteiger partial charge in [-0.05, 0) is 37.1 Å². The Morgan fingerprint density at radius 3 is 2.75 bits per heavy atom. The minimum Gasteiger partial charge on any atom is -0.328 e. The molecule has 1 fully saturated rings. The van der Waals surface area contributed by atoms with Gasteiger partial charge in [-0.3, -0.25) is 4.79 Å². The number of hydrogen-bond donors (Lipinski definition) is 0. The van der Waals surface area contributed by atoms with Crippen LogP contribution in [0.2, 0.25) is 5.02 Å². The van der Waals surface area contributed by atoms with Gasteiger partial charge in [0.2, 0.25) is 0 Å². The summed E-state index contributed by atoms with van der Waals surface area (Å²) in [5, 5.41) is 4.38. The van der Waals surface area contributed by atoms with Crippen LogP contribution in [0.1, 0.15) is 34.4 Å². The first kappa shape index (κ1) is 17.8. The molecule has 1 aliphatic heterocycles. The van der Waals surface area contributed by atoms with Crippen LogP contribution in [0.25, 0.3) is 20.8 Å². The van der Waals surface area contributed by atoms with E-state index >= 15 is 0 Å². The number of aromatic nitrogens is 2. The number of para-hydroxylation sites is 1. The predicted molar refractivity (Wildman–Crippen MR) is 115 cm³/mol. The molecule has 4 nitrogen and oxygen atoms in total. The molecule has 0 bridgehead atoms. The standard InChI is InChI=1S/C21H16ClN3OS2/c22-14-9-7-13(8-10-14)19-24-16(12-27-19)21(26)25-11-3-5-17(25)20-23-15-4-1-2-6-18(15)28-20/h1-2,4,6-10,12,17H,3,5,11H2/t17-/m0/s1. The summed E-state index contributed by atoms with van der Waals surface area (Å²) in [5.74, 6) is -0.0155. The van der Waals surface area contributed by atoms with E-state index < -0.39 is 0 Å². The number of carbonyl (C=O) groups is 1. The number of rotatable bonds is 3. The lowest BCUT2D eigenvalue weighted by atomic mass is 10.2. The van der Waals surface area contributed by atoms with Crippen molar-refractivity contribution in [3.05, 3.63) is 69.6 Å². The minimum absolute atomic E-state index is 0.0155. The van der Waals surface area contributed by atoms with Gasteiger partial charge in [-0.15, -0.1) is 22.7 Å². The zero-order valence-corrected chi connectivity index (χ0v) is 17.2. The largest absolute Gasteiger partial charge is 0.328 e. The smallest absolute Gasteiger partial charge is 0.273 e. The third-order valence-corrected chi connectivity index (χ3v) is 7.20. The second kappa shape index (κ2) is 7.28. The van der Waals surface area contributed by atoms with Crippen molar-refractivity contribution in [3.8, 4) is 10.6 Å². The van der Waals surface area contributed by atoms with E-state index in [2.05, 4.69) is 11.1 Å². The number of thiazole rings is 2. The quantitative estimate of drug-likeness (QED) is 0.401. The lowest BCUT2D eigenvalue weighted by Gasteiger charge is -2.22. The SMILES string of the molecule is O=C(c1csc(-c2ccc(Cl)cc2)n1)N1CCC[C@H]1c1nc2ccccc2s1. The van der Waals surface area contributed by atoms with Gasteiger partial charge in [0, 0.05) is 22.5 Å². The summed E-state index contributed by atoms with van der Waals surface area (Å²) in [5.41, 5.74) is 2.47. The number of fused-ring (bicyclic) bond motifs is 1. The highest BCUT2D eigenvalue weighted by Gasteiger charge is 2.33. The molecule has 7 heteroatoms. The van der Waals surface area contributed by atoms with E-state index in [1.54, 1.807) is 11.3 Å². The molecule has 2 aromatic carbocycles. The lowest BCUT2D eigenvalue weighted by molar-refractivity contribution is 0.0730. The van der Waals surface area contributed by atoms with Gasteiger partial charge in [-0.1, -0.05) is 35.9 Å². The van der Waals surface area contributed by atoms with E-state index in [-0.39, 0.29) is 11.9 Å². The zero-order valence-electron chi connectivity index (χ0n) is 14.8. The molecule has 0 aliphatic carbocycles. The molecule has 140 valence electrons. The Kier molecular flexibility index (Phi) is 4.62. The van der Waals surface area contributed by atoms with Crippen LogP contribution in [-0.4, -0.2) is 27.3 Å². The van der Waals surface area contributed by atoms with Gasteiger partial charge in [0.25, 0.3) is 5.91 Å². The predicted octanol–water partition coefficient (Wildman–Crippen LogP) is 6.05. The van der Waals surface area contributed by atoms with Gasteiger partial charge in [-0.2, -0.15) is 0 Å². The van der Waals surface area contributed by atoms with E-state index in [1.165, 1.54) is 11.3 Å². The third kappa shape index (κ3) is 3.21. The molecule has 0 spiro atoms. The Labute approximate surface area is 175 Å². The van der Waals surface area contributed by atoms with Gasteiger partial charge >= 0.3 is 0 Å². The van der Waals surface area contributed by atoms with Crippen molar-refractivity contribution in [3.63, 3.8) is 0 Å². The van der Waals surface area contributed by atoms with Crippen LogP contribution in [0.4, 0.5) is 0 Å². The normalized spacial score (nSPS) is 16.8. The molecule has 5 rings (SSSR count). The van der Waals surface area contributed by atoms with Crippen molar-refractivity contribution in [1.29, 1.82) is 0 Å². The number of halogens is 1. The molecule has 28 heavy (non-hydrogen) atoms. The molecule has 0 N–H and O–H groups in total. The number of likely N-dealkylation sites (tertiary alicyclic amines) is 1. The maximum atomic E-state index is 13.2. The Balaban J connectivity index is 1.42. The zero-order chi connectivity index (χ0) is 19.1. The van der Waals surface area contributed by atoms with E-state index in [0.717, 1.165) is 45.2 Å². The number of hydrogen-bond acceptors (Lipinski definition) is 5. The molecule has 0 radical (unpaired) electrons. The summed E-state index contributed by atoms with van der Waals surface area (Å²) in [7, 11) is 0. The Morgan fingerprint density at radius 2 is 1.93 bits per heavy atom. The average molecular weight is 426 g/mol. The van der Waals surface area contributed by atoms with Crippen molar-refractivity contribution < 1.29 is 4.79 Å². The van der Waals surface area contributed by atoms with Crippen molar-refractivity contribution in [1.82, 2.24) is 14.9 Å². The van der Waals surface area contributed by atoms with Crippen LogP contribution >= 0.6 is 34.3 Å². The van der Waals surface area contributed by atoms with Crippen molar-refractivity contribution in [2.75, 3.05) is 6.54 Å². The molecule has 0 unspecified atom stereocenters. The summed E-state index contributed by atoms with van der Waals surface area (Å²) in [6.07, 6.45) is 1.93. The van der Waals surface area contributed by atoms with Crippen LogP contribution in [0, 0.1) is 0 Å². The van der Waals surface area contributed by atoms with Crippen molar-refractivity contribution in [2.24, 2.45) is 0 Å². The fourth-order valence-corrected chi connectivity index (χ4v) is 5.58. The van der Waals surface area contributed by atoms with Gasteiger partial charge < -0.3 is 4.90 Å². The highest BCUT2D eigenvalue weighted by Crippen LogP contribution is 2.37. The maximum Gasteiger partial charge on any atom is 0.273 e.